The van der Waals surface area contributed by atoms with Gasteiger partial charge in [0.15, 0.2) is 0 Å². The van der Waals surface area contributed by atoms with Crippen LogP contribution in [0, 0.1) is 13.8 Å². The van der Waals surface area contributed by atoms with Crippen LogP contribution in [0.15, 0.2) is 46.9 Å². The molecular formula is C22H28BrNO2. The lowest BCUT2D eigenvalue weighted by Crippen LogP contribution is -2.35. The van der Waals surface area contributed by atoms with E-state index in [9.17, 15) is 0 Å². The number of hydrogen-bond acceptors (Lipinski definition) is 3. The van der Waals surface area contributed by atoms with Crippen molar-refractivity contribution in [3.8, 4) is 5.75 Å². The molecule has 0 saturated carbocycles. The average molecular weight is 418 g/mol. The van der Waals surface area contributed by atoms with Crippen LogP contribution in [0.4, 0.5) is 0 Å². The predicted molar refractivity (Wildman–Crippen MR) is 110 cm³/mol. The molecule has 1 unspecified atom stereocenters. The molecule has 3 rings (SSSR count). The molecule has 0 spiro atoms. The number of nitrogens with zero attached hydrogens (tertiary/aromatic N) is 1. The zero-order chi connectivity index (χ0) is 18.4. The van der Waals surface area contributed by atoms with Crippen LogP contribution in [-0.2, 0) is 11.3 Å². The predicted octanol–water partition coefficient (Wildman–Crippen LogP) is 5.13. The van der Waals surface area contributed by atoms with Gasteiger partial charge in [0.05, 0.1) is 6.10 Å². The van der Waals surface area contributed by atoms with Crippen LogP contribution in [0.2, 0.25) is 0 Å². The highest BCUT2D eigenvalue weighted by molar-refractivity contribution is 9.10. The van der Waals surface area contributed by atoms with E-state index in [0.29, 0.717) is 12.7 Å². The lowest BCUT2D eigenvalue weighted by atomic mass is 10.1. The van der Waals surface area contributed by atoms with E-state index in [1.165, 1.54) is 27.6 Å². The molecule has 0 aliphatic carbocycles. The summed E-state index contributed by atoms with van der Waals surface area (Å²) in [6.45, 7) is 8.52. The van der Waals surface area contributed by atoms with Gasteiger partial charge >= 0.3 is 0 Å². The fourth-order valence-electron chi connectivity index (χ4n) is 3.33. The maximum atomic E-state index is 5.97. The summed E-state index contributed by atoms with van der Waals surface area (Å²) in [5.74, 6) is 0.943. The van der Waals surface area contributed by atoms with Gasteiger partial charge in [-0.25, -0.2) is 0 Å². The third kappa shape index (κ3) is 5.83. The van der Waals surface area contributed by atoms with Gasteiger partial charge in [-0.1, -0.05) is 40.2 Å². The van der Waals surface area contributed by atoms with Crippen molar-refractivity contribution in [2.75, 3.05) is 26.3 Å². The smallest absolute Gasteiger partial charge is 0.119 e. The minimum absolute atomic E-state index is 0.346. The molecule has 140 valence electrons. The SMILES string of the molecule is Cc1cccc(OCCN(Cc2ccc(C)cc2Br)CC2CCCO2)c1. The summed E-state index contributed by atoms with van der Waals surface area (Å²) in [5, 5.41) is 0. The molecule has 0 amide bonds. The Kier molecular flexibility index (Phi) is 7.12. The second-order valence-electron chi connectivity index (χ2n) is 7.13. The lowest BCUT2D eigenvalue weighted by Gasteiger charge is -2.26. The minimum atomic E-state index is 0.346. The van der Waals surface area contributed by atoms with Gasteiger partial charge in [0.2, 0.25) is 0 Å². The van der Waals surface area contributed by atoms with Gasteiger partial charge < -0.3 is 9.47 Å². The highest BCUT2D eigenvalue weighted by Gasteiger charge is 2.20. The first-order valence-electron chi connectivity index (χ1n) is 9.38. The fourth-order valence-corrected chi connectivity index (χ4v) is 3.95. The molecule has 3 nitrogen and oxygen atoms in total. The Morgan fingerprint density at radius 3 is 2.73 bits per heavy atom. The van der Waals surface area contributed by atoms with Crippen molar-refractivity contribution in [1.29, 1.82) is 0 Å². The van der Waals surface area contributed by atoms with Crippen molar-refractivity contribution >= 4 is 15.9 Å². The summed E-state index contributed by atoms with van der Waals surface area (Å²) < 4.78 is 13.0. The van der Waals surface area contributed by atoms with Crippen molar-refractivity contribution in [1.82, 2.24) is 4.90 Å². The highest BCUT2D eigenvalue weighted by Crippen LogP contribution is 2.22. The molecule has 2 aromatic carbocycles. The molecule has 0 aromatic heterocycles. The largest absolute Gasteiger partial charge is 0.492 e. The molecule has 1 saturated heterocycles. The van der Waals surface area contributed by atoms with E-state index >= 15 is 0 Å². The first-order chi connectivity index (χ1) is 12.6. The van der Waals surface area contributed by atoms with Crippen LogP contribution >= 0.6 is 15.9 Å². The van der Waals surface area contributed by atoms with E-state index < -0.39 is 0 Å². The van der Waals surface area contributed by atoms with Gasteiger partial charge in [-0.05, 0) is 61.6 Å². The Labute approximate surface area is 165 Å². The summed E-state index contributed by atoms with van der Waals surface area (Å²) in [6.07, 6.45) is 2.68. The molecule has 1 aliphatic rings. The van der Waals surface area contributed by atoms with Crippen LogP contribution in [0.1, 0.15) is 29.5 Å². The minimum Gasteiger partial charge on any atom is -0.492 e. The third-order valence-corrected chi connectivity index (χ3v) is 5.49. The standard InChI is InChI=1S/C22H28BrNO2/c1-17-5-3-6-20(13-17)26-12-10-24(16-21-7-4-11-25-21)15-19-9-8-18(2)14-22(19)23/h3,5-6,8-9,13-14,21H,4,7,10-12,15-16H2,1-2H3. The van der Waals surface area contributed by atoms with E-state index in [1.807, 2.05) is 12.1 Å². The molecule has 0 radical (unpaired) electrons. The molecule has 0 N–H and O–H groups in total. The van der Waals surface area contributed by atoms with Crippen LogP contribution in [-0.4, -0.2) is 37.3 Å². The Hall–Kier alpha value is -1.36. The summed E-state index contributed by atoms with van der Waals surface area (Å²) in [6, 6.07) is 14.8. The fraction of sp³-hybridized carbons (Fsp3) is 0.455. The first kappa shape index (κ1) is 19.4. The lowest BCUT2D eigenvalue weighted by molar-refractivity contribution is 0.0653. The third-order valence-electron chi connectivity index (χ3n) is 4.75. The molecule has 1 heterocycles. The van der Waals surface area contributed by atoms with Crippen LogP contribution in [0.3, 0.4) is 0 Å². The van der Waals surface area contributed by atoms with Crippen molar-refractivity contribution in [3.05, 3.63) is 63.6 Å². The summed E-state index contributed by atoms with van der Waals surface area (Å²) >= 11 is 3.71. The Morgan fingerprint density at radius 2 is 2.00 bits per heavy atom. The quantitative estimate of drug-likeness (QED) is 0.594. The van der Waals surface area contributed by atoms with Crippen LogP contribution in [0.5, 0.6) is 5.75 Å². The van der Waals surface area contributed by atoms with Crippen LogP contribution in [0.25, 0.3) is 0 Å². The molecule has 4 heteroatoms. The van der Waals surface area contributed by atoms with Gasteiger partial charge in [0.1, 0.15) is 12.4 Å². The second-order valence-corrected chi connectivity index (χ2v) is 7.98. The topological polar surface area (TPSA) is 21.7 Å². The number of benzene rings is 2. The Morgan fingerprint density at radius 1 is 1.15 bits per heavy atom. The number of aryl methyl sites for hydroxylation is 2. The molecule has 1 atom stereocenters. The molecule has 1 aliphatic heterocycles. The Bertz CT molecular complexity index is 713. The molecule has 26 heavy (non-hydrogen) atoms. The maximum Gasteiger partial charge on any atom is 0.119 e. The highest BCUT2D eigenvalue weighted by atomic mass is 79.9. The zero-order valence-corrected chi connectivity index (χ0v) is 17.3. The first-order valence-corrected chi connectivity index (χ1v) is 10.2. The monoisotopic (exact) mass is 417 g/mol. The normalized spacial score (nSPS) is 17.0. The molecule has 0 bridgehead atoms. The van der Waals surface area contributed by atoms with Crippen molar-refractivity contribution in [3.63, 3.8) is 0 Å². The van der Waals surface area contributed by atoms with E-state index in [4.69, 9.17) is 9.47 Å². The molecular weight excluding hydrogens is 390 g/mol. The number of ether oxygens (including phenoxy) is 2. The maximum absolute atomic E-state index is 5.97. The second kappa shape index (κ2) is 9.54. The molecule has 1 fully saturated rings. The van der Waals surface area contributed by atoms with Gasteiger partial charge in [-0.2, -0.15) is 0 Å². The van der Waals surface area contributed by atoms with Gasteiger partial charge in [0, 0.05) is 30.7 Å². The van der Waals surface area contributed by atoms with Gasteiger partial charge in [0.25, 0.3) is 0 Å². The van der Waals surface area contributed by atoms with E-state index in [0.717, 1.165) is 38.4 Å². The van der Waals surface area contributed by atoms with Gasteiger partial charge in [-0.15, -0.1) is 0 Å². The summed E-state index contributed by atoms with van der Waals surface area (Å²) in [4.78, 5) is 2.45. The Balaban J connectivity index is 1.60. The summed E-state index contributed by atoms with van der Waals surface area (Å²) in [7, 11) is 0. The van der Waals surface area contributed by atoms with E-state index in [2.05, 4.69) is 65.0 Å². The van der Waals surface area contributed by atoms with Crippen molar-refractivity contribution in [2.45, 2.75) is 39.3 Å². The van der Waals surface area contributed by atoms with E-state index in [1.54, 1.807) is 0 Å². The number of hydrogen-bond donors (Lipinski definition) is 0. The average Bonchev–Trinajstić information content (AvgIpc) is 3.10. The van der Waals surface area contributed by atoms with Gasteiger partial charge in [-0.3, -0.25) is 4.90 Å². The number of rotatable bonds is 8. The summed E-state index contributed by atoms with van der Waals surface area (Å²) in [5.41, 5.74) is 3.81. The van der Waals surface area contributed by atoms with E-state index in [-0.39, 0.29) is 0 Å². The van der Waals surface area contributed by atoms with Crippen molar-refractivity contribution in [2.24, 2.45) is 0 Å². The van der Waals surface area contributed by atoms with Crippen LogP contribution < -0.4 is 4.74 Å². The number of halogens is 1. The molecule has 2 aromatic rings. The zero-order valence-electron chi connectivity index (χ0n) is 15.7. The van der Waals surface area contributed by atoms with Crippen molar-refractivity contribution < 1.29 is 9.47 Å².